The van der Waals surface area contributed by atoms with Crippen molar-refractivity contribution in [3.05, 3.63) is 35.4 Å². The number of rotatable bonds is 9. The van der Waals surface area contributed by atoms with Crippen LogP contribution in [-0.4, -0.2) is 79.8 Å². The van der Waals surface area contributed by atoms with Gasteiger partial charge >= 0.3 is 6.09 Å². The highest BCUT2D eigenvalue weighted by Gasteiger charge is 2.16. The van der Waals surface area contributed by atoms with Crippen LogP contribution in [-0.2, 0) is 17.8 Å². The van der Waals surface area contributed by atoms with E-state index >= 15 is 0 Å². The Bertz CT molecular complexity index is 713. The molecule has 0 bridgehead atoms. The number of likely N-dealkylation sites (N-methyl/N-ethyl adjacent to an activating group) is 1. The number of alkyl carbamates (subject to hydrolysis) is 1. The number of nitrogens with zero attached hydrogens (tertiary/aromatic N) is 3. The van der Waals surface area contributed by atoms with Crippen molar-refractivity contribution in [3.63, 3.8) is 0 Å². The molecule has 0 radical (unpaired) electrons. The summed E-state index contributed by atoms with van der Waals surface area (Å²) in [6.07, 6.45) is -0.409. The molecule has 0 saturated carbocycles. The van der Waals surface area contributed by atoms with Gasteiger partial charge in [-0.15, -0.1) is 24.0 Å². The van der Waals surface area contributed by atoms with E-state index in [1.807, 2.05) is 27.7 Å². The lowest BCUT2D eigenvalue weighted by Gasteiger charge is -2.34. The second-order valence-corrected chi connectivity index (χ2v) is 9.08. The highest BCUT2D eigenvalue weighted by atomic mass is 127. The summed E-state index contributed by atoms with van der Waals surface area (Å²) in [6, 6.07) is 8.74. The standard InChI is InChI=1S/C24H42N6O2.HI/c1-6-25-22(26-12-13-27-23(31)32-24(3,4)5)28-18-20-8-10-21(11-9-20)19-30-16-14-29(7-2)15-17-30;/h8-11H,6-7,12-19H2,1-5H3,(H,27,31)(H2,25,26,28);1H. The Balaban J connectivity index is 0.00000544. The Morgan fingerprint density at radius 1 is 0.939 bits per heavy atom. The first-order valence-corrected chi connectivity index (χ1v) is 11.8. The molecule has 8 nitrogen and oxygen atoms in total. The zero-order chi connectivity index (χ0) is 23.4. The molecule has 1 aromatic carbocycles. The minimum absolute atomic E-state index is 0. The number of ether oxygens (including phenoxy) is 1. The van der Waals surface area contributed by atoms with E-state index in [9.17, 15) is 4.79 Å². The van der Waals surface area contributed by atoms with Crippen LogP contribution in [0.1, 0.15) is 45.7 Å². The molecule has 2 rings (SSSR count). The van der Waals surface area contributed by atoms with Gasteiger partial charge in [0.1, 0.15) is 5.60 Å². The van der Waals surface area contributed by atoms with E-state index in [4.69, 9.17) is 4.74 Å². The van der Waals surface area contributed by atoms with Gasteiger partial charge in [0.2, 0.25) is 0 Å². The van der Waals surface area contributed by atoms with Crippen LogP contribution < -0.4 is 16.0 Å². The summed E-state index contributed by atoms with van der Waals surface area (Å²) < 4.78 is 5.24. The van der Waals surface area contributed by atoms with E-state index in [1.54, 1.807) is 0 Å². The number of amides is 1. The number of benzene rings is 1. The number of hydrogen-bond donors (Lipinski definition) is 3. The molecular formula is C24H43IN6O2. The van der Waals surface area contributed by atoms with Crippen LogP contribution >= 0.6 is 24.0 Å². The van der Waals surface area contributed by atoms with Crippen LogP contribution in [0.15, 0.2) is 29.3 Å². The van der Waals surface area contributed by atoms with Crippen molar-refractivity contribution in [1.82, 2.24) is 25.8 Å². The van der Waals surface area contributed by atoms with Gasteiger partial charge in [0.15, 0.2) is 5.96 Å². The summed E-state index contributed by atoms with van der Waals surface area (Å²) in [5.41, 5.74) is 2.03. The number of hydrogen-bond acceptors (Lipinski definition) is 5. The Kier molecular flexibility index (Phi) is 13.7. The number of halogens is 1. The first-order valence-electron chi connectivity index (χ1n) is 11.8. The topological polar surface area (TPSA) is 81.2 Å². The average Bonchev–Trinajstić information content (AvgIpc) is 2.75. The average molecular weight is 575 g/mol. The monoisotopic (exact) mass is 574 g/mol. The zero-order valence-corrected chi connectivity index (χ0v) is 23.3. The van der Waals surface area contributed by atoms with Gasteiger partial charge in [-0.1, -0.05) is 31.2 Å². The third-order valence-corrected chi connectivity index (χ3v) is 5.19. The minimum atomic E-state index is -0.493. The van der Waals surface area contributed by atoms with Crippen molar-refractivity contribution in [2.24, 2.45) is 4.99 Å². The first kappa shape index (κ1) is 29.4. The highest BCUT2D eigenvalue weighted by Crippen LogP contribution is 2.11. The zero-order valence-electron chi connectivity index (χ0n) is 20.9. The van der Waals surface area contributed by atoms with Crippen LogP contribution in [0.2, 0.25) is 0 Å². The van der Waals surface area contributed by atoms with Gasteiger partial charge in [0, 0.05) is 52.4 Å². The Hall–Kier alpha value is -1.59. The molecule has 33 heavy (non-hydrogen) atoms. The molecule has 188 valence electrons. The molecule has 1 fully saturated rings. The number of carbonyl (C=O) groups is 1. The van der Waals surface area contributed by atoms with E-state index in [2.05, 4.69) is 61.9 Å². The second kappa shape index (κ2) is 15.3. The van der Waals surface area contributed by atoms with Gasteiger partial charge in [-0.05, 0) is 45.4 Å². The fraction of sp³-hybridized carbons (Fsp3) is 0.667. The van der Waals surface area contributed by atoms with Gasteiger partial charge in [0.25, 0.3) is 0 Å². The van der Waals surface area contributed by atoms with Crippen molar-refractivity contribution >= 4 is 36.0 Å². The smallest absolute Gasteiger partial charge is 0.407 e. The van der Waals surface area contributed by atoms with Crippen molar-refractivity contribution < 1.29 is 9.53 Å². The van der Waals surface area contributed by atoms with Gasteiger partial charge in [-0.3, -0.25) is 4.90 Å². The van der Waals surface area contributed by atoms with Crippen LogP contribution in [0.5, 0.6) is 0 Å². The lowest BCUT2D eigenvalue weighted by atomic mass is 10.1. The summed E-state index contributed by atoms with van der Waals surface area (Å²) in [5.74, 6) is 0.733. The van der Waals surface area contributed by atoms with Gasteiger partial charge in [-0.2, -0.15) is 0 Å². The molecule has 3 N–H and O–H groups in total. The molecule has 1 amide bonds. The molecule has 0 unspecified atom stereocenters. The number of piperazine rings is 1. The van der Waals surface area contributed by atoms with E-state index in [0.717, 1.165) is 51.8 Å². The maximum Gasteiger partial charge on any atom is 0.407 e. The lowest BCUT2D eigenvalue weighted by molar-refractivity contribution is 0.0529. The third kappa shape index (κ3) is 12.4. The van der Waals surface area contributed by atoms with E-state index < -0.39 is 11.7 Å². The first-order chi connectivity index (χ1) is 15.3. The largest absolute Gasteiger partial charge is 0.444 e. The molecular weight excluding hydrogens is 531 g/mol. The molecule has 0 aromatic heterocycles. The van der Waals surface area contributed by atoms with E-state index in [-0.39, 0.29) is 24.0 Å². The highest BCUT2D eigenvalue weighted by molar-refractivity contribution is 14.0. The molecule has 1 aromatic rings. The molecule has 0 aliphatic carbocycles. The molecule has 9 heteroatoms. The molecule has 1 saturated heterocycles. The summed E-state index contributed by atoms with van der Waals surface area (Å²) in [5, 5.41) is 9.22. The summed E-state index contributed by atoms with van der Waals surface area (Å²) >= 11 is 0. The quantitative estimate of drug-likeness (QED) is 0.182. The predicted octanol–water partition coefficient (Wildman–Crippen LogP) is 3.02. The Morgan fingerprint density at radius 3 is 2.09 bits per heavy atom. The van der Waals surface area contributed by atoms with Crippen molar-refractivity contribution in [1.29, 1.82) is 0 Å². The number of nitrogens with one attached hydrogen (secondary N) is 3. The fourth-order valence-electron chi connectivity index (χ4n) is 3.44. The second-order valence-electron chi connectivity index (χ2n) is 9.08. The van der Waals surface area contributed by atoms with Crippen molar-refractivity contribution in [2.45, 2.75) is 53.3 Å². The molecule has 0 spiro atoms. The Labute approximate surface area is 216 Å². The Morgan fingerprint density at radius 2 is 1.52 bits per heavy atom. The SMILES string of the molecule is CCNC(=NCc1ccc(CN2CCN(CC)CC2)cc1)NCCNC(=O)OC(C)(C)C.I. The molecule has 1 heterocycles. The van der Waals surface area contributed by atoms with Gasteiger partial charge < -0.3 is 25.6 Å². The normalized spacial score (nSPS) is 15.5. The summed E-state index contributed by atoms with van der Waals surface area (Å²) in [7, 11) is 0. The maximum absolute atomic E-state index is 11.7. The van der Waals surface area contributed by atoms with Crippen LogP contribution in [0.3, 0.4) is 0 Å². The third-order valence-electron chi connectivity index (χ3n) is 5.19. The minimum Gasteiger partial charge on any atom is -0.444 e. The molecule has 1 aliphatic rings. The van der Waals surface area contributed by atoms with Crippen LogP contribution in [0, 0.1) is 0 Å². The number of aliphatic imine (C=N–C) groups is 1. The lowest BCUT2D eigenvalue weighted by Crippen LogP contribution is -2.45. The molecule has 1 aliphatic heterocycles. The fourth-order valence-corrected chi connectivity index (χ4v) is 3.44. The van der Waals surface area contributed by atoms with Crippen LogP contribution in [0.4, 0.5) is 4.79 Å². The van der Waals surface area contributed by atoms with Crippen molar-refractivity contribution in [2.75, 3.05) is 52.4 Å². The van der Waals surface area contributed by atoms with Crippen LogP contribution in [0.25, 0.3) is 0 Å². The van der Waals surface area contributed by atoms with Gasteiger partial charge in [-0.25, -0.2) is 9.79 Å². The van der Waals surface area contributed by atoms with Gasteiger partial charge in [0.05, 0.1) is 6.54 Å². The number of guanidine groups is 1. The predicted molar refractivity (Wildman–Crippen MR) is 146 cm³/mol. The molecule has 0 atom stereocenters. The van der Waals surface area contributed by atoms with E-state index in [0.29, 0.717) is 19.6 Å². The summed E-state index contributed by atoms with van der Waals surface area (Å²) in [6.45, 7) is 19.0. The number of carbonyl (C=O) groups excluding carboxylic acids is 1. The van der Waals surface area contributed by atoms with Crippen molar-refractivity contribution in [3.8, 4) is 0 Å². The van der Waals surface area contributed by atoms with E-state index in [1.165, 1.54) is 11.1 Å². The summed E-state index contributed by atoms with van der Waals surface area (Å²) in [4.78, 5) is 21.4. The maximum atomic E-state index is 11.7.